The van der Waals surface area contributed by atoms with Crippen LogP contribution >= 0.6 is 0 Å². The average molecular weight is 474 g/mol. The molecular weight excluding hydrogens is 446 g/mol. The van der Waals surface area contributed by atoms with Gasteiger partial charge < -0.3 is 24.2 Å². The zero-order valence-corrected chi connectivity index (χ0v) is 20.1. The fraction of sp³-hybridized carbons (Fsp3) is 0.214. The topological polar surface area (TPSA) is 85.3 Å². The van der Waals surface area contributed by atoms with Crippen molar-refractivity contribution in [2.24, 2.45) is 0 Å². The van der Waals surface area contributed by atoms with Crippen LogP contribution in [0.15, 0.2) is 72.3 Å². The van der Waals surface area contributed by atoms with Crippen molar-refractivity contribution in [1.82, 2.24) is 4.90 Å². The van der Waals surface area contributed by atoms with Crippen LogP contribution in [0.4, 0.5) is 0 Å². The molecule has 4 rings (SSSR count). The molecule has 0 aromatic heterocycles. The lowest BCUT2D eigenvalue weighted by Crippen LogP contribution is -2.29. The Labute approximate surface area is 204 Å². The second-order valence-corrected chi connectivity index (χ2v) is 8.26. The van der Waals surface area contributed by atoms with Crippen LogP contribution < -0.4 is 14.2 Å². The van der Waals surface area contributed by atoms with Crippen LogP contribution in [0.3, 0.4) is 0 Å². The van der Waals surface area contributed by atoms with Crippen molar-refractivity contribution in [2.75, 3.05) is 21.3 Å². The first-order valence-electron chi connectivity index (χ1n) is 11.1. The molecule has 0 aliphatic carbocycles. The second kappa shape index (κ2) is 9.93. The van der Waals surface area contributed by atoms with Crippen LogP contribution in [0.5, 0.6) is 17.2 Å². The summed E-state index contributed by atoms with van der Waals surface area (Å²) in [6.45, 7) is 2.12. The molecule has 1 N–H and O–H groups in total. The lowest BCUT2D eigenvalue weighted by molar-refractivity contribution is -0.140. The summed E-state index contributed by atoms with van der Waals surface area (Å²) >= 11 is 0. The first kappa shape index (κ1) is 23.9. The molecule has 0 bridgehead atoms. The van der Waals surface area contributed by atoms with E-state index < -0.39 is 17.7 Å². The Morgan fingerprint density at radius 3 is 2.20 bits per heavy atom. The first-order chi connectivity index (χ1) is 16.9. The molecule has 1 heterocycles. The van der Waals surface area contributed by atoms with Gasteiger partial charge >= 0.3 is 0 Å². The maximum atomic E-state index is 13.3. The Balaban J connectivity index is 1.86. The Bertz CT molecular complexity index is 1300. The van der Waals surface area contributed by atoms with Crippen LogP contribution in [0.2, 0.25) is 0 Å². The number of hydrogen-bond acceptors (Lipinski definition) is 6. The standard InChI is InChI=1S/C28H27NO6/c1-17-6-5-7-19(14-17)25-24(26(30)22-13-12-21(34-3)15-23(22)35-4)27(31)28(32)29(25)16-18-8-10-20(33-2)11-9-18/h5-15,25,30H,16H2,1-4H3/b26-24-. The molecule has 1 unspecified atom stereocenters. The van der Waals surface area contributed by atoms with Crippen molar-refractivity contribution < 1.29 is 28.9 Å². The highest BCUT2D eigenvalue weighted by molar-refractivity contribution is 6.46. The number of methoxy groups -OCH3 is 3. The molecule has 3 aromatic rings. The molecule has 7 nitrogen and oxygen atoms in total. The van der Waals surface area contributed by atoms with Crippen molar-refractivity contribution in [3.8, 4) is 17.2 Å². The zero-order chi connectivity index (χ0) is 25.1. The molecule has 0 radical (unpaired) electrons. The molecule has 3 aromatic carbocycles. The summed E-state index contributed by atoms with van der Waals surface area (Å²) in [6, 6.07) is 19.0. The number of ether oxygens (including phenoxy) is 3. The minimum Gasteiger partial charge on any atom is -0.507 e. The third-order valence-electron chi connectivity index (χ3n) is 6.07. The van der Waals surface area contributed by atoms with Crippen molar-refractivity contribution >= 4 is 17.4 Å². The normalized spacial score (nSPS) is 16.9. The number of likely N-dealkylation sites (tertiary alicyclic amines) is 1. The Morgan fingerprint density at radius 2 is 1.57 bits per heavy atom. The van der Waals surface area contributed by atoms with Gasteiger partial charge in [-0.05, 0) is 42.3 Å². The van der Waals surface area contributed by atoms with E-state index in [1.165, 1.54) is 19.1 Å². The molecule has 180 valence electrons. The highest BCUT2D eigenvalue weighted by Gasteiger charge is 2.46. The van der Waals surface area contributed by atoms with E-state index in [2.05, 4.69) is 0 Å². The van der Waals surface area contributed by atoms with E-state index >= 15 is 0 Å². The van der Waals surface area contributed by atoms with Crippen LogP contribution in [-0.2, 0) is 16.1 Å². The minimum absolute atomic E-state index is 0.0116. The van der Waals surface area contributed by atoms with Gasteiger partial charge in [0.15, 0.2) is 0 Å². The van der Waals surface area contributed by atoms with Crippen LogP contribution in [0.25, 0.3) is 5.76 Å². The van der Waals surface area contributed by atoms with Gasteiger partial charge in [-0.3, -0.25) is 9.59 Å². The number of Topliss-reactive ketones (excluding diaryl/α,β-unsaturated/α-hetero) is 1. The van der Waals surface area contributed by atoms with Gasteiger partial charge in [0.2, 0.25) is 0 Å². The average Bonchev–Trinajstić information content (AvgIpc) is 3.13. The van der Waals surface area contributed by atoms with Crippen molar-refractivity contribution in [2.45, 2.75) is 19.5 Å². The largest absolute Gasteiger partial charge is 0.507 e. The van der Waals surface area contributed by atoms with Crippen molar-refractivity contribution in [3.05, 3.63) is 94.6 Å². The van der Waals surface area contributed by atoms with Gasteiger partial charge in [0.1, 0.15) is 23.0 Å². The van der Waals surface area contributed by atoms with Gasteiger partial charge in [0.25, 0.3) is 11.7 Å². The SMILES string of the molecule is COc1ccc(CN2C(=O)C(=O)/C(=C(\O)c3ccc(OC)cc3OC)C2c2cccc(C)c2)cc1. The van der Waals surface area contributed by atoms with Gasteiger partial charge in [-0.15, -0.1) is 0 Å². The molecule has 35 heavy (non-hydrogen) atoms. The van der Waals surface area contributed by atoms with Crippen LogP contribution in [-0.4, -0.2) is 43.0 Å². The predicted octanol–water partition coefficient (Wildman–Crippen LogP) is 4.64. The van der Waals surface area contributed by atoms with E-state index in [0.717, 1.165) is 16.7 Å². The summed E-state index contributed by atoms with van der Waals surface area (Å²) in [5, 5.41) is 11.4. The Kier molecular flexibility index (Phi) is 6.78. The van der Waals surface area contributed by atoms with E-state index in [1.807, 2.05) is 43.3 Å². The van der Waals surface area contributed by atoms with E-state index in [1.54, 1.807) is 37.4 Å². The highest BCUT2D eigenvalue weighted by atomic mass is 16.5. The lowest BCUT2D eigenvalue weighted by Gasteiger charge is -2.26. The molecule has 1 amide bonds. The summed E-state index contributed by atoms with van der Waals surface area (Å²) in [5.74, 6) is -0.175. The number of rotatable bonds is 7. The van der Waals surface area contributed by atoms with Crippen molar-refractivity contribution in [1.29, 1.82) is 0 Å². The summed E-state index contributed by atoms with van der Waals surface area (Å²) in [5.41, 5.74) is 2.84. The molecule has 7 heteroatoms. The summed E-state index contributed by atoms with van der Waals surface area (Å²) in [6.07, 6.45) is 0. The fourth-order valence-electron chi connectivity index (χ4n) is 4.30. The molecule has 1 aliphatic rings. The van der Waals surface area contributed by atoms with Gasteiger partial charge in [-0.2, -0.15) is 0 Å². The number of nitrogens with zero attached hydrogens (tertiary/aromatic N) is 1. The van der Waals surface area contributed by atoms with Gasteiger partial charge in [-0.1, -0.05) is 42.0 Å². The Hall–Kier alpha value is -4.26. The van der Waals surface area contributed by atoms with Crippen LogP contribution in [0, 0.1) is 6.92 Å². The highest BCUT2D eigenvalue weighted by Crippen LogP contribution is 2.42. The fourth-order valence-corrected chi connectivity index (χ4v) is 4.30. The first-order valence-corrected chi connectivity index (χ1v) is 11.1. The molecule has 1 atom stereocenters. The Morgan fingerprint density at radius 1 is 0.886 bits per heavy atom. The molecule has 0 saturated carbocycles. The zero-order valence-electron chi connectivity index (χ0n) is 20.1. The van der Waals surface area contributed by atoms with Gasteiger partial charge in [-0.25, -0.2) is 0 Å². The number of amides is 1. The maximum Gasteiger partial charge on any atom is 0.295 e. The number of benzene rings is 3. The number of carbonyl (C=O) groups is 2. The molecule has 1 fully saturated rings. The van der Waals surface area contributed by atoms with Crippen LogP contribution in [0.1, 0.15) is 28.3 Å². The van der Waals surface area contributed by atoms with Gasteiger partial charge in [0, 0.05) is 12.6 Å². The predicted molar refractivity (Wildman–Crippen MR) is 132 cm³/mol. The monoisotopic (exact) mass is 473 g/mol. The number of aryl methyl sites for hydroxylation is 1. The summed E-state index contributed by atoms with van der Waals surface area (Å²) in [4.78, 5) is 28.1. The molecule has 1 saturated heterocycles. The number of carbonyl (C=O) groups excluding carboxylic acids is 2. The molecule has 1 aliphatic heterocycles. The lowest BCUT2D eigenvalue weighted by atomic mass is 9.94. The second-order valence-electron chi connectivity index (χ2n) is 8.26. The van der Waals surface area contributed by atoms with E-state index in [9.17, 15) is 14.7 Å². The number of aliphatic hydroxyl groups is 1. The number of aliphatic hydroxyl groups excluding tert-OH is 1. The minimum atomic E-state index is -0.774. The summed E-state index contributed by atoms with van der Waals surface area (Å²) in [7, 11) is 4.57. The van der Waals surface area contributed by atoms with Crippen molar-refractivity contribution in [3.63, 3.8) is 0 Å². The number of ketones is 1. The van der Waals surface area contributed by atoms with E-state index in [0.29, 0.717) is 22.8 Å². The quantitative estimate of drug-likeness (QED) is 0.306. The molecule has 0 spiro atoms. The molecular formula is C28H27NO6. The van der Waals surface area contributed by atoms with E-state index in [4.69, 9.17) is 14.2 Å². The van der Waals surface area contributed by atoms with E-state index in [-0.39, 0.29) is 17.9 Å². The summed E-state index contributed by atoms with van der Waals surface area (Å²) < 4.78 is 15.9. The number of hydrogen-bond donors (Lipinski definition) is 1. The van der Waals surface area contributed by atoms with Gasteiger partial charge in [0.05, 0.1) is 38.5 Å². The maximum absolute atomic E-state index is 13.3. The third-order valence-corrected chi connectivity index (χ3v) is 6.07. The smallest absolute Gasteiger partial charge is 0.295 e. The third kappa shape index (κ3) is 4.57.